The van der Waals surface area contributed by atoms with Crippen molar-refractivity contribution in [1.82, 2.24) is 44.9 Å². The Kier molecular flexibility index (Phi) is 22.1. The molecule has 0 radical (unpaired) electrons. The molecule has 0 saturated carbocycles. The van der Waals surface area contributed by atoms with Gasteiger partial charge in [0.1, 0.15) is 0 Å². The standard InChI is InChI=1S/C49H31N3.C47H29N3.C43H27N3/c1-3-12-32(13-4-1)38-18-11-19-40(30-38)49-51-47(36-16-5-2-6-17-36)50-48(52-49)37-25-22-35(23-26-37)44-31-39-27-24-33-14-7-9-20-41(33)45(39)43-29-28-34-15-8-10-21-42(34)46(43)44;1-2-13-34(14-3-1)45-48-46(50-47(49-45)38-25-18-30-10-4-5-15-36(30)28-38)35-22-19-33(20-23-35)42-29-37-24-21-31-11-6-8-16-39(31)43(37)41-27-26-32-12-7-9-17-40(32)44(41)42;1-3-14-29(15-4-1)41-44-42(30-16-5-2-6-17-30)46-43(45-41)38-22-12-11-21-34(38)39-27-31-18-8-10-20-33(31)40-36-24-23-28-13-7-9-19-32(28)35(36)25-26-37(39)40/h1-31H;1-29H;1-27H. The highest BCUT2D eigenvalue weighted by Crippen LogP contribution is 2.49. The van der Waals surface area contributed by atoms with Crippen molar-refractivity contribution in [3.8, 4) is 147 Å². The Morgan fingerprint density at radius 3 is 0.797 bits per heavy atom. The number of hydrogen-bond acceptors (Lipinski definition) is 9. The van der Waals surface area contributed by atoms with Gasteiger partial charge in [-0.1, -0.05) is 497 Å². The first kappa shape index (κ1) is 87.2. The highest BCUT2D eigenvalue weighted by atomic mass is 15.1. The van der Waals surface area contributed by atoms with Crippen molar-refractivity contribution in [3.05, 3.63) is 528 Å². The van der Waals surface area contributed by atoms with Crippen LogP contribution in [0.25, 0.3) is 287 Å². The lowest BCUT2D eigenvalue weighted by atomic mass is 9.87. The topological polar surface area (TPSA) is 116 Å². The summed E-state index contributed by atoms with van der Waals surface area (Å²) >= 11 is 0. The zero-order valence-corrected chi connectivity index (χ0v) is 80.3. The second-order valence-corrected chi connectivity index (χ2v) is 37.6. The molecule has 29 aromatic rings. The van der Waals surface area contributed by atoms with E-state index in [9.17, 15) is 0 Å². The van der Waals surface area contributed by atoms with Gasteiger partial charge in [-0.05, 0) is 215 Å². The van der Waals surface area contributed by atoms with Crippen LogP contribution in [0.15, 0.2) is 528 Å². The van der Waals surface area contributed by atoms with E-state index in [1.807, 2.05) is 127 Å². The fourth-order valence-electron chi connectivity index (χ4n) is 21.7. The molecule has 0 atom stereocenters. The molecule has 26 aromatic carbocycles. The molecule has 0 aliphatic carbocycles. The zero-order chi connectivity index (χ0) is 97.9. The molecule has 148 heavy (non-hydrogen) atoms. The van der Waals surface area contributed by atoms with Crippen LogP contribution >= 0.6 is 0 Å². The smallest absolute Gasteiger partial charge is 0.164 e. The lowest BCUT2D eigenvalue weighted by molar-refractivity contribution is 1.07. The number of nitrogens with zero attached hydrogens (tertiary/aromatic N) is 9. The monoisotopic (exact) mass is 1880 g/mol. The van der Waals surface area contributed by atoms with Gasteiger partial charge in [-0.25, -0.2) is 44.9 Å². The predicted molar refractivity (Wildman–Crippen MR) is 618 cm³/mol. The molecule has 29 rings (SSSR count). The van der Waals surface area contributed by atoms with Crippen molar-refractivity contribution in [2.24, 2.45) is 0 Å². The van der Waals surface area contributed by atoms with Gasteiger partial charge < -0.3 is 0 Å². The summed E-state index contributed by atoms with van der Waals surface area (Å²) in [6.45, 7) is 0. The van der Waals surface area contributed by atoms with Crippen LogP contribution in [-0.2, 0) is 0 Å². The average Bonchev–Trinajstić information content (AvgIpc) is 0.731. The second kappa shape index (κ2) is 37.5. The molecule has 0 unspecified atom stereocenters. The van der Waals surface area contributed by atoms with Crippen LogP contribution in [0.2, 0.25) is 0 Å². The van der Waals surface area contributed by atoms with Gasteiger partial charge in [0, 0.05) is 50.1 Å². The van der Waals surface area contributed by atoms with E-state index >= 15 is 0 Å². The van der Waals surface area contributed by atoms with Gasteiger partial charge in [-0.2, -0.15) is 0 Å². The van der Waals surface area contributed by atoms with E-state index in [0.717, 1.165) is 88.8 Å². The summed E-state index contributed by atoms with van der Waals surface area (Å²) in [7, 11) is 0. The Labute approximate surface area is 853 Å². The normalized spacial score (nSPS) is 11.5. The molecule has 0 saturated heterocycles. The number of aromatic nitrogens is 9. The minimum Gasteiger partial charge on any atom is -0.208 e. The van der Waals surface area contributed by atoms with Crippen molar-refractivity contribution in [2.45, 2.75) is 0 Å². The van der Waals surface area contributed by atoms with Gasteiger partial charge in [0.15, 0.2) is 52.4 Å². The van der Waals surface area contributed by atoms with Gasteiger partial charge in [0.2, 0.25) is 0 Å². The number of fused-ring (bicyclic) bond motifs is 22. The van der Waals surface area contributed by atoms with Crippen molar-refractivity contribution < 1.29 is 0 Å². The predicted octanol–water partition coefficient (Wildman–Crippen LogP) is 36.3. The highest BCUT2D eigenvalue weighted by molar-refractivity contribution is 6.32. The summed E-state index contributed by atoms with van der Waals surface area (Å²) < 4.78 is 0. The van der Waals surface area contributed by atoms with E-state index in [1.165, 1.54) is 146 Å². The number of rotatable bonds is 13. The molecular formula is C139H87N9. The molecule has 0 amide bonds. The first-order valence-corrected chi connectivity index (χ1v) is 50.1. The molecule has 0 aliphatic heterocycles. The third-order valence-electron chi connectivity index (χ3n) is 28.8. The maximum atomic E-state index is 5.09. The van der Waals surface area contributed by atoms with Crippen LogP contribution in [0.3, 0.4) is 0 Å². The van der Waals surface area contributed by atoms with Crippen LogP contribution in [0.4, 0.5) is 0 Å². The molecule has 9 heteroatoms. The van der Waals surface area contributed by atoms with Crippen LogP contribution in [0.5, 0.6) is 0 Å². The van der Waals surface area contributed by atoms with Crippen molar-refractivity contribution >= 4 is 140 Å². The molecule has 9 nitrogen and oxygen atoms in total. The summed E-state index contributed by atoms with van der Waals surface area (Å²) in [6, 6.07) is 186. The fraction of sp³-hybridized carbons (Fsp3) is 0. The number of benzene rings is 26. The maximum Gasteiger partial charge on any atom is 0.164 e. The Hall–Kier alpha value is -19.9. The maximum absolute atomic E-state index is 5.09. The van der Waals surface area contributed by atoms with Crippen molar-refractivity contribution in [2.75, 3.05) is 0 Å². The zero-order valence-electron chi connectivity index (χ0n) is 80.3. The minimum atomic E-state index is 0.640. The van der Waals surface area contributed by atoms with Gasteiger partial charge in [0.05, 0.1) is 0 Å². The van der Waals surface area contributed by atoms with Gasteiger partial charge >= 0.3 is 0 Å². The van der Waals surface area contributed by atoms with E-state index in [2.05, 4.69) is 400 Å². The molecule has 688 valence electrons. The molecule has 0 fully saturated rings. The average molecular weight is 1880 g/mol. The summed E-state index contributed by atoms with van der Waals surface area (Å²) in [5.74, 6) is 5.84. The highest BCUT2D eigenvalue weighted by Gasteiger charge is 2.25. The summed E-state index contributed by atoms with van der Waals surface area (Å²) in [5.41, 5.74) is 17.8. The van der Waals surface area contributed by atoms with Crippen molar-refractivity contribution in [1.29, 1.82) is 0 Å². The quantitative estimate of drug-likeness (QED) is 0.104. The summed E-state index contributed by atoms with van der Waals surface area (Å²) in [4.78, 5) is 45.2. The lowest BCUT2D eigenvalue weighted by Crippen LogP contribution is -2.01. The van der Waals surface area contributed by atoms with Crippen LogP contribution in [-0.4, -0.2) is 44.9 Å². The van der Waals surface area contributed by atoms with Crippen molar-refractivity contribution in [3.63, 3.8) is 0 Å². The summed E-state index contributed by atoms with van der Waals surface area (Å²) in [5, 5.41) is 32.4. The molecule has 0 aliphatic rings. The Morgan fingerprint density at radius 2 is 0.351 bits per heavy atom. The molecule has 0 bridgehead atoms. The molecule has 3 aromatic heterocycles. The molecule has 3 heterocycles. The van der Waals surface area contributed by atoms with Gasteiger partial charge in [-0.15, -0.1) is 0 Å². The van der Waals surface area contributed by atoms with E-state index in [1.54, 1.807) is 0 Å². The third-order valence-corrected chi connectivity index (χ3v) is 28.8. The minimum absolute atomic E-state index is 0.640. The van der Waals surface area contributed by atoms with Crippen LogP contribution < -0.4 is 0 Å². The lowest BCUT2D eigenvalue weighted by Gasteiger charge is -2.17. The van der Waals surface area contributed by atoms with Crippen LogP contribution in [0, 0.1) is 0 Å². The first-order valence-electron chi connectivity index (χ1n) is 50.1. The molecule has 0 spiro atoms. The Bertz CT molecular complexity index is 10200. The van der Waals surface area contributed by atoms with E-state index < -0.39 is 0 Å². The largest absolute Gasteiger partial charge is 0.208 e. The fourth-order valence-corrected chi connectivity index (χ4v) is 21.7. The summed E-state index contributed by atoms with van der Waals surface area (Å²) in [6.07, 6.45) is 0. The molecular weight excluding hydrogens is 1800 g/mol. The van der Waals surface area contributed by atoms with Crippen LogP contribution in [0.1, 0.15) is 0 Å². The first-order chi connectivity index (χ1) is 73.3. The Morgan fingerprint density at radius 1 is 0.0878 bits per heavy atom. The number of hydrogen-bond donors (Lipinski definition) is 0. The SMILES string of the molecule is c1ccc(-c2cccc(-c3nc(-c4ccccc4)nc(-c4ccc(-c5cc6ccc7ccccc7c6c6ccc7ccccc7c56)cc4)n3)c2)cc1.c1ccc(-c2nc(-c3ccc(-c4cc5ccc6ccccc6c5c5ccc6ccccc6c45)cc3)nc(-c3ccc4ccccc4c3)n2)cc1.c1ccc(-c2nc(-c3ccccc3)nc(-c3ccccc3-c3cc4ccccc4c4c3ccc3c5ccccc5ccc34)n2)cc1. The van der Waals surface area contributed by atoms with Gasteiger partial charge in [0.25, 0.3) is 0 Å². The van der Waals surface area contributed by atoms with E-state index in [0.29, 0.717) is 52.4 Å². The Balaban J connectivity index is 0.000000110. The van der Waals surface area contributed by atoms with E-state index in [-0.39, 0.29) is 0 Å². The second-order valence-electron chi connectivity index (χ2n) is 37.6. The third kappa shape index (κ3) is 16.2. The molecule has 0 N–H and O–H groups in total. The van der Waals surface area contributed by atoms with Gasteiger partial charge in [-0.3, -0.25) is 0 Å². The van der Waals surface area contributed by atoms with E-state index in [4.69, 9.17) is 44.9 Å².